The monoisotopic (exact) mass is 521 g/mol. The van der Waals surface area contributed by atoms with Crippen LogP contribution in [-0.2, 0) is 34.0 Å². The number of nitrogens with one attached hydrogen (secondary N) is 3. The maximum Gasteiger partial charge on any atom is 0.421 e. The molecule has 2 aromatic heterocycles. The van der Waals surface area contributed by atoms with Crippen LogP contribution < -0.4 is 20.3 Å². The summed E-state index contributed by atoms with van der Waals surface area (Å²) in [6.45, 7) is 1.48. The van der Waals surface area contributed by atoms with E-state index in [2.05, 4.69) is 30.9 Å². The molecule has 190 valence electrons. The van der Waals surface area contributed by atoms with E-state index in [4.69, 9.17) is 0 Å². The predicted molar refractivity (Wildman–Crippen MR) is 129 cm³/mol. The molecule has 0 fully saturated rings. The molecule has 0 saturated carbocycles. The predicted octanol–water partition coefficient (Wildman–Crippen LogP) is 3.44. The van der Waals surface area contributed by atoms with E-state index in [0.29, 0.717) is 34.5 Å². The zero-order chi connectivity index (χ0) is 26.3. The van der Waals surface area contributed by atoms with E-state index in [0.717, 1.165) is 16.1 Å². The maximum atomic E-state index is 13.6. The number of nitrogens with zero attached hydrogens (tertiary/aromatic N) is 4. The first-order chi connectivity index (χ1) is 16.8. The number of rotatable bonds is 7. The van der Waals surface area contributed by atoms with Crippen LogP contribution in [-0.4, -0.2) is 42.6 Å². The molecule has 1 amide bonds. The van der Waals surface area contributed by atoms with Crippen LogP contribution >= 0.6 is 0 Å². The van der Waals surface area contributed by atoms with Gasteiger partial charge in [-0.05, 0) is 42.3 Å². The zero-order valence-corrected chi connectivity index (χ0v) is 20.3. The van der Waals surface area contributed by atoms with Gasteiger partial charge in [-0.1, -0.05) is 0 Å². The van der Waals surface area contributed by atoms with Crippen LogP contribution in [0.15, 0.2) is 36.7 Å². The fourth-order valence-electron chi connectivity index (χ4n) is 3.65. The Morgan fingerprint density at radius 2 is 1.94 bits per heavy atom. The summed E-state index contributed by atoms with van der Waals surface area (Å²) < 4.78 is 65.8. The maximum absolute atomic E-state index is 13.6. The molecule has 3 heterocycles. The van der Waals surface area contributed by atoms with Crippen LogP contribution in [0.3, 0.4) is 0 Å². The van der Waals surface area contributed by atoms with Gasteiger partial charge in [0.1, 0.15) is 11.4 Å². The number of hydrogen-bond acceptors (Lipinski definition) is 8. The minimum Gasteiger partial charge on any atom is -0.364 e. The summed E-state index contributed by atoms with van der Waals surface area (Å²) in [6, 6.07) is 6.53. The molecule has 0 aliphatic carbocycles. The first-order valence-corrected chi connectivity index (χ1v) is 12.4. The molecule has 1 aliphatic rings. The number of amides is 1. The van der Waals surface area contributed by atoms with Crippen LogP contribution in [0.2, 0.25) is 0 Å². The molecule has 0 bridgehead atoms. The summed E-state index contributed by atoms with van der Waals surface area (Å²) in [5.41, 5.74) is 2.04. The van der Waals surface area contributed by atoms with Crippen molar-refractivity contribution in [1.82, 2.24) is 15.0 Å². The smallest absolute Gasteiger partial charge is 0.364 e. The van der Waals surface area contributed by atoms with Crippen molar-refractivity contribution in [3.8, 4) is 0 Å². The lowest BCUT2D eigenvalue weighted by Crippen LogP contribution is -2.26. The van der Waals surface area contributed by atoms with E-state index in [-0.39, 0.29) is 24.8 Å². The average Bonchev–Trinajstić information content (AvgIpc) is 3.16. The molecule has 1 aliphatic heterocycles. The number of fused-ring (bicyclic) bond motifs is 1. The summed E-state index contributed by atoms with van der Waals surface area (Å²) in [5.74, 6) is -0.700. The highest BCUT2D eigenvalue weighted by atomic mass is 32.2. The van der Waals surface area contributed by atoms with Crippen molar-refractivity contribution in [2.75, 3.05) is 33.6 Å². The lowest BCUT2D eigenvalue weighted by Gasteiger charge is -2.21. The summed E-state index contributed by atoms with van der Waals surface area (Å²) >= 11 is 0. The van der Waals surface area contributed by atoms with Gasteiger partial charge in [-0.15, -0.1) is 0 Å². The molecule has 10 nitrogen and oxygen atoms in total. The second-order valence-corrected chi connectivity index (χ2v) is 10.2. The van der Waals surface area contributed by atoms with Crippen molar-refractivity contribution in [3.05, 3.63) is 59.0 Å². The Hall–Kier alpha value is -3.94. The highest BCUT2D eigenvalue weighted by Crippen LogP contribution is 2.35. The molecule has 0 atom stereocenters. The Morgan fingerprint density at radius 3 is 2.64 bits per heavy atom. The Labute approximate surface area is 205 Å². The first kappa shape index (κ1) is 25.2. The normalized spacial score (nSPS) is 13.2. The molecular weight excluding hydrogens is 499 g/mol. The van der Waals surface area contributed by atoms with Crippen molar-refractivity contribution in [2.24, 2.45) is 0 Å². The number of sulfonamides is 1. The van der Waals surface area contributed by atoms with Crippen LogP contribution in [0.1, 0.15) is 22.4 Å². The van der Waals surface area contributed by atoms with E-state index >= 15 is 0 Å². The minimum absolute atomic E-state index is 0.0852. The van der Waals surface area contributed by atoms with Crippen molar-refractivity contribution in [2.45, 2.75) is 26.1 Å². The van der Waals surface area contributed by atoms with E-state index in [1.807, 2.05) is 0 Å². The molecule has 0 radical (unpaired) electrons. The summed E-state index contributed by atoms with van der Waals surface area (Å²) in [5, 5.41) is 8.22. The zero-order valence-electron chi connectivity index (χ0n) is 19.4. The third-order valence-electron chi connectivity index (χ3n) is 5.62. The number of hydrogen-bond donors (Lipinski definition) is 3. The molecule has 0 unspecified atom stereocenters. The Kier molecular flexibility index (Phi) is 6.47. The van der Waals surface area contributed by atoms with Gasteiger partial charge in [-0.3, -0.25) is 14.1 Å². The van der Waals surface area contributed by atoms with Crippen LogP contribution in [0.25, 0.3) is 0 Å². The summed E-state index contributed by atoms with van der Waals surface area (Å²) in [6.07, 6.45) is -1.42. The molecule has 3 aromatic rings. The molecule has 1 aromatic carbocycles. The molecule has 14 heteroatoms. The van der Waals surface area contributed by atoms with Crippen molar-refractivity contribution >= 4 is 44.8 Å². The van der Waals surface area contributed by atoms with Crippen LogP contribution in [0, 0.1) is 6.92 Å². The number of benzene rings is 1. The van der Waals surface area contributed by atoms with E-state index in [9.17, 15) is 26.4 Å². The first-order valence-electron chi connectivity index (χ1n) is 10.6. The van der Waals surface area contributed by atoms with E-state index in [1.54, 1.807) is 25.1 Å². The van der Waals surface area contributed by atoms with E-state index < -0.39 is 27.6 Å². The topological polar surface area (TPSA) is 129 Å². The van der Waals surface area contributed by atoms with E-state index in [1.165, 1.54) is 19.3 Å². The Balaban J connectivity index is 1.60. The van der Waals surface area contributed by atoms with Crippen molar-refractivity contribution < 1.29 is 26.4 Å². The second-order valence-electron chi connectivity index (χ2n) is 8.16. The van der Waals surface area contributed by atoms with Crippen LogP contribution in [0.5, 0.6) is 0 Å². The Morgan fingerprint density at radius 1 is 1.19 bits per heavy atom. The number of carbonyl (C=O) groups is 1. The van der Waals surface area contributed by atoms with Crippen molar-refractivity contribution in [1.29, 1.82) is 0 Å². The quantitative estimate of drug-likeness (QED) is 0.431. The van der Waals surface area contributed by atoms with Gasteiger partial charge in [0.15, 0.2) is 0 Å². The fraction of sp³-hybridized carbons (Fsp3) is 0.273. The molecule has 0 saturated heterocycles. The molecular formula is C22H22F3N7O3S. The van der Waals surface area contributed by atoms with Crippen LogP contribution in [0.4, 0.5) is 42.0 Å². The van der Waals surface area contributed by atoms with Gasteiger partial charge in [0.05, 0.1) is 30.6 Å². The highest BCUT2D eigenvalue weighted by Gasteiger charge is 2.35. The molecule has 36 heavy (non-hydrogen) atoms. The van der Waals surface area contributed by atoms with Gasteiger partial charge in [0.2, 0.25) is 21.9 Å². The number of aromatic nitrogens is 3. The number of carbonyl (C=O) groups excluding carboxylic acids is 1. The minimum atomic E-state index is -4.72. The largest absolute Gasteiger partial charge is 0.421 e. The van der Waals surface area contributed by atoms with Crippen molar-refractivity contribution in [3.63, 3.8) is 0 Å². The second kappa shape index (κ2) is 9.26. The molecule has 4 rings (SSSR count). The Bertz CT molecular complexity index is 1450. The summed E-state index contributed by atoms with van der Waals surface area (Å²) in [7, 11) is -2.17. The number of halogens is 3. The lowest BCUT2D eigenvalue weighted by molar-refractivity contribution is -0.137. The SMILES string of the molecule is Cc1c(N(C)S(C)(=O)=O)ccnc1CNc1nc(Nc2ccc3c(c2)CC(=O)N3)ncc1C(F)(F)F. The number of alkyl halides is 3. The third-order valence-corrected chi connectivity index (χ3v) is 6.81. The lowest BCUT2D eigenvalue weighted by atomic mass is 10.1. The number of pyridine rings is 1. The van der Waals surface area contributed by atoms with Gasteiger partial charge >= 0.3 is 6.18 Å². The van der Waals surface area contributed by atoms with Gasteiger partial charge in [-0.2, -0.15) is 18.2 Å². The average molecular weight is 522 g/mol. The molecule has 0 spiro atoms. The van der Waals surface area contributed by atoms with Gasteiger partial charge in [0.25, 0.3) is 0 Å². The summed E-state index contributed by atoms with van der Waals surface area (Å²) in [4.78, 5) is 23.5. The van der Waals surface area contributed by atoms with Gasteiger partial charge in [-0.25, -0.2) is 13.4 Å². The fourth-order valence-corrected chi connectivity index (χ4v) is 4.21. The molecule has 3 N–H and O–H groups in total. The van der Waals surface area contributed by atoms with Gasteiger partial charge in [0, 0.05) is 30.8 Å². The van der Waals surface area contributed by atoms with Gasteiger partial charge < -0.3 is 16.0 Å². The third kappa shape index (κ3) is 5.32. The highest BCUT2D eigenvalue weighted by molar-refractivity contribution is 7.92. The standard InChI is InChI=1S/C22H22F3N7O3S/c1-12-17(26-7-6-18(12)32(2)36(3,34)35)11-27-20-15(22(23,24)25)10-28-21(31-20)29-14-4-5-16-13(8-14)9-19(33)30-16/h4-8,10H,9,11H2,1-3H3,(H,30,33)(H2,27,28,29,31). The number of anilines is 5.